The van der Waals surface area contributed by atoms with Gasteiger partial charge in [-0.3, -0.25) is 4.79 Å². The molecule has 0 radical (unpaired) electrons. The first-order valence-corrected chi connectivity index (χ1v) is 12.0. The lowest BCUT2D eigenvalue weighted by molar-refractivity contribution is 0.0769. The third kappa shape index (κ3) is 8.37. The number of pyridine rings is 1. The molecule has 1 saturated carbocycles. The van der Waals surface area contributed by atoms with Crippen LogP contribution in [-0.2, 0) is 0 Å². The van der Waals surface area contributed by atoms with E-state index >= 15 is 0 Å². The first-order valence-electron chi connectivity index (χ1n) is 11.2. The predicted molar refractivity (Wildman–Crippen MR) is 138 cm³/mol. The van der Waals surface area contributed by atoms with Crippen molar-refractivity contribution in [1.82, 2.24) is 15.6 Å². The molecule has 0 unspecified atom stereocenters. The van der Waals surface area contributed by atoms with E-state index in [4.69, 9.17) is 33.7 Å². The standard InChI is InChI=1S/C24H30Cl2F3N5O2/c1-13(27)10-18(26)21(14(2)25)31-15(3)34(4)22-19(30)11-17(24(33-22)36-12-20(28)29)23(35)32-16-8-6-5-7-9-16/h10-11,16,20,31H,1,3,5-9,12,30H2,2,4H3,(H,32,35)/b18-10+,21-14-. The number of carbonyl (C=O) groups is 1. The minimum absolute atomic E-state index is 0.0241. The van der Waals surface area contributed by atoms with Gasteiger partial charge in [0, 0.05) is 18.1 Å². The molecule has 198 valence electrons. The normalized spacial score (nSPS) is 15.3. The van der Waals surface area contributed by atoms with Gasteiger partial charge in [-0.25, -0.2) is 13.2 Å². The zero-order valence-electron chi connectivity index (χ0n) is 20.1. The summed E-state index contributed by atoms with van der Waals surface area (Å²) < 4.78 is 44.2. The molecular formula is C24H30Cl2F3N5O2. The van der Waals surface area contributed by atoms with Gasteiger partial charge in [0.1, 0.15) is 17.2 Å². The Bertz CT molecular complexity index is 1050. The number of nitrogens with two attached hydrogens (primary N) is 1. The Morgan fingerprint density at radius 2 is 1.97 bits per heavy atom. The number of alkyl halides is 2. The van der Waals surface area contributed by atoms with Crippen LogP contribution in [0.2, 0.25) is 0 Å². The Hall–Kier alpha value is -2.85. The molecule has 4 N–H and O–H groups in total. The fourth-order valence-electron chi connectivity index (χ4n) is 3.57. The van der Waals surface area contributed by atoms with Crippen LogP contribution in [-0.4, -0.2) is 37.0 Å². The number of ether oxygens (including phenoxy) is 1. The highest BCUT2D eigenvalue weighted by Crippen LogP contribution is 2.31. The highest BCUT2D eigenvalue weighted by atomic mass is 35.5. The zero-order chi connectivity index (χ0) is 27.0. The number of rotatable bonds is 11. The lowest BCUT2D eigenvalue weighted by Gasteiger charge is -2.26. The van der Waals surface area contributed by atoms with Gasteiger partial charge in [-0.05, 0) is 31.9 Å². The second kappa shape index (κ2) is 13.5. The van der Waals surface area contributed by atoms with Crippen LogP contribution in [0.25, 0.3) is 0 Å². The second-order valence-electron chi connectivity index (χ2n) is 8.24. The minimum atomic E-state index is -2.78. The largest absolute Gasteiger partial charge is 0.471 e. The summed E-state index contributed by atoms with van der Waals surface area (Å²) in [5.74, 6) is -1.39. The molecule has 2 rings (SSSR count). The summed E-state index contributed by atoms with van der Waals surface area (Å²) in [6, 6.07) is 1.29. The molecule has 0 aromatic carbocycles. The number of aromatic nitrogens is 1. The molecule has 1 aliphatic rings. The van der Waals surface area contributed by atoms with E-state index in [0.717, 1.165) is 38.2 Å². The highest BCUT2D eigenvalue weighted by Gasteiger charge is 2.24. The number of nitrogens with one attached hydrogen (secondary N) is 2. The lowest BCUT2D eigenvalue weighted by atomic mass is 9.95. The topological polar surface area (TPSA) is 92.5 Å². The minimum Gasteiger partial charge on any atom is -0.471 e. The van der Waals surface area contributed by atoms with E-state index in [9.17, 15) is 18.0 Å². The van der Waals surface area contributed by atoms with Gasteiger partial charge in [0.2, 0.25) is 5.88 Å². The molecule has 0 saturated heterocycles. The molecule has 1 aliphatic carbocycles. The van der Waals surface area contributed by atoms with Crippen LogP contribution >= 0.6 is 23.2 Å². The van der Waals surface area contributed by atoms with Gasteiger partial charge in [-0.15, -0.1) is 0 Å². The Balaban J connectivity index is 2.35. The summed E-state index contributed by atoms with van der Waals surface area (Å²) in [6.45, 7) is 7.57. The van der Waals surface area contributed by atoms with E-state index in [1.807, 2.05) is 0 Å². The molecule has 12 heteroatoms. The van der Waals surface area contributed by atoms with Gasteiger partial charge < -0.3 is 26.0 Å². The Kier molecular flexibility index (Phi) is 11.0. The van der Waals surface area contributed by atoms with Crippen molar-refractivity contribution in [3.63, 3.8) is 0 Å². The monoisotopic (exact) mass is 547 g/mol. The van der Waals surface area contributed by atoms with Crippen LogP contribution in [0.1, 0.15) is 49.4 Å². The molecule has 0 spiro atoms. The van der Waals surface area contributed by atoms with Gasteiger partial charge in [0.05, 0.1) is 16.4 Å². The molecule has 36 heavy (non-hydrogen) atoms. The van der Waals surface area contributed by atoms with Crippen molar-refractivity contribution in [2.24, 2.45) is 0 Å². The SMILES string of the molecule is C=C(F)/C=C(Cl)\C(NC(=C)N(C)c1nc(OCC(F)F)c(C(=O)NC2CCCCC2)cc1N)=C(/C)Cl. The lowest BCUT2D eigenvalue weighted by Crippen LogP contribution is -2.36. The van der Waals surface area contributed by atoms with Crippen molar-refractivity contribution in [3.05, 3.63) is 58.3 Å². The average molecular weight is 548 g/mol. The number of carbonyl (C=O) groups excluding carboxylic acids is 1. The number of allylic oxidation sites excluding steroid dienone is 4. The number of nitrogens with zero attached hydrogens (tertiary/aromatic N) is 2. The van der Waals surface area contributed by atoms with Gasteiger partial charge in [0.15, 0.2) is 12.4 Å². The summed E-state index contributed by atoms with van der Waals surface area (Å²) in [7, 11) is 1.53. The van der Waals surface area contributed by atoms with E-state index in [2.05, 4.69) is 28.8 Å². The maximum atomic E-state index is 13.2. The molecule has 0 bridgehead atoms. The third-order valence-electron chi connectivity index (χ3n) is 5.39. The maximum Gasteiger partial charge on any atom is 0.272 e. The van der Waals surface area contributed by atoms with E-state index in [0.29, 0.717) is 0 Å². The van der Waals surface area contributed by atoms with E-state index in [1.165, 1.54) is 24.9 Å². The quantitative estimate of drug-likeness (QED) is 0.297. The summed E-state index contributed by atoms with van der Waals surface area (Å²) >= 11 is 12.2. The van der Waals surface area contributed by atoms with Gasteiger partial charge >= 0.3 is 0 Å². The van der Waals surface area contributed by atoms with Crippen LogP contribution in [0.4, 0.5) is 24.7 Å². The van der Waals surface area contributed by atoms with Crippen LogP contribution in [0.3, 0.4) is 0 Å². The van der Waals surface area contributed by atoms with Crippen LogP contribution in [0.15, 0.2) is 52.7 Å². The Morgan fingerprint density at radius 1 is 1.33 bits per heavy atom. The van der Waals surface area contributed by atoms with Crippen LogP contribution < -0.4 is 26.0 Å². The first-order chi connectivity index (χ1) is 16.9. The van der Waals surface area contributed by atoms with E-state index in [-0.39, 0.29) is 50.6 Å². The number of amides is 1. The number of anilines is 2. The molecule has 0 atom stereocenters. The number of hydrogen-bond donors (Lipinski definition) is 3. The summed E-state index contributed by atoms with van der Waals surface area (Å²) in [5, 5.41) is 5.88. The van der Waals surface area contributed by atoms with Crippen molar-refractivity contribution in [1.29, 1.82) is 0 Å². The molecule has 1 aromatic rings. The molecule has 1 fully saturated rings. The van der Waals surface area contributed by atoms with Crippen molar-refractivity contribution in [2.45, 2.75) is 51.5 Å². The number of nitrogen functional groups attached to an aromatic ring is 1. The number of halogens is 5. The van der Waals surface area contributed by atoms with Crippen molar-refractivity contribution in [3.8, 4) is 5.88 Å². The average Bonchev–Trinajstić information content (AvgIpc) is 2.80. The van der Waals surface area contributed by atoms with Gasteiger partial charge in [-0.2, -0.15) is 4.98 Å². The summed E-state index contributed by atoms with van der Waals surface area (Å²) in [4.78, 5) is 18.5. The Morgan fingerprint density at radius 3 is 2.53 bits per heavy atom. The van der Waals surface area contributed by atoms with Gasteiger partial charge in [-0.1, -0.05) is 55.6 Å². The van der Waals surface area contributed by atoms with Crippen molar-refractivity contribution in [2.75, 3.05) is 24.3 Å². The number of hydrogen-bond acceptors (Lipinski definition) is 6. The van der Waals surface area contributed by atoms with Crippen molar-refractivity contribution < 1.29 is 22.7 Å². The molecule has 1 aromatic heterocycles. The smallest absolute Gasteiger partial charge is 0.272 e. The second-order valence-corrected chi connectivity index (χ2v) is 9.22. The van der Waals surface area contributed by atoms with Gasteiger partial charge in [0.25, 0.3) is 12.3 Å². The molecule has 7 nitrogen and oxygen atoms in total. The summed E-state index contributed by atoms with van der Waals surface area (Å²) in [5.41, 5.74) is 6.33. The summed E-state index contributed by atoms with van der Waals surface area (Å²) in [6.07, 6.45) is 2.94. The maximum absolute atomic E-state index is 13.2. The van der Waals surface area contributed by atoms with Crippen molar-refractivity contribution >= 4 is 40.6 Å². The molecule has 1 amide bonds. The molecular weight excluding hydrogens is 518 g/mol. The van der Waals surface area contributed by atoms with Crippen LogP contribution in [0.5, 0.6) is 5.88 Å². The highest BCUT2D eigenvalue weighted by molar-refractivity contribution is 6.35. The van der Waals surface area contributed by atoms with E-state index < -0.39 is 24.8 Å². The molecule has 0 aliphatic heterocycles. The van der Waals surface area contributed by atoms with E-state index in [1.54, 1.807) is 0 Å². The fraction of sp³-hybridized carbons (Fsp3) is 0.417. The zero-order valence-corrected chi connectivity index (χ0v) is 21.7. The predicted octanol–water partition coefficient (Wildman–Crippen LogP) is 5.94. The third-order valence-corrected chi connectivity index (χ3v) is 5.87. The Labute approximate surface area is 218 Å². The molecule has 1 heterocycles. The fourth-order valence-corrected chi connectivity index (χ4v) is 4.08. The van der Waals surface area contributed by atoms with Crippen LogP contribution in [0, 0.1) is 0 Å². The first kappa shape index (κ1) is 29.4.